The van der Waals surface area contributed by atoms with Gasteiger partial charge in [0.25, 0.3) is 0 Å². The van der Waals surface area contributed by atoms with E-state index < -0.39 is 10.0 Å². The average Bonchev–Trinajstić information content (AvgIpc) is 2.38. The molecule has 1 rings (SSSR count). The van der Waals surface area contributed by atoms with Gasteiger partial charge in [-0.1, -0.05) is 18.1 Å². The lowest BCUT2D eigenvalue weighted by atomic mass is 10.2. The molecule has 18 heavy (non-hydrogen) atoms. The third-order valence-electron chi connectivity index (χ3n) is 2.09. The van der Waals surface area contributed by atoms with Crippen molar-refractivity contribution in [3.05, 3.63) is 29.8 Å². The largest absolute Gasteiger partial charge is 0.240 e. The summed E-state index contributed by atoms with van der Waals surface area (Å²) in [5.41, 5.74) is 0.779. The Morgan fingerprint density at radius 1 is 1.44 bits per heavy atom. The van der Waals surface area contributed by atoms with Crippen molar-refractivity contribution < 1.29 is 8.42 Å². The first-order valence-corrected chi connectivity index (χ1v) is 8.43. The van der Waals surface area contributed by atoms with E-state index in [1.807, 2.05) is 0 Å². The van der Waals surface area contributed by atoms with E-state index in [-0.39, 0.29) is 4.90 Å². The number of thioether (sulfide) groups is 1. The van der Waals surface area contributed by atoms with E-state index in [1.165, 1.54) is 11.8 Å². The van der Waals surface area contributed by atoms with E-state index in [1.54, 1.807) is 24.3 Å². The maximum atomic E-state index is 11.9. The highest BCUT2D eigenvalue weighted by Crippen LogP contribution is 2.13. The minimum absolute atomic E-state index is 0.239. The zero-order valence-electron chi connectivity index (χ0n) is 9.73. The van der Waals surface area contributed by atoms with Crippen LogP contribution in [0, 0.1) is 12.3 Å². The molecule has 0 atom stereocenters. The molecule has 0 saturated carbocycles. The molecule has 0 aliphatic carbocycles. The number of alkyl halides is 1. The molecular weight excluding hydrogens is 290 g/mol. The predicted molar refractivity (Wildman–Crippen MR) is 77.3 cm³/mol. The van der Waals surface area contributed by atoms with Crippen LogP contribution in [0.15, 0.2) is 29.2 Å². The highest BCUT2D eigenvalue weighted by Gasteiger charge is 2.13. The molecule has 0 aromatic heterocycles. The summed E-state index contributed by atoms with van der Waals surface area (Å²) in [7, 11) is -3.45. The molecule has 6 heteroatoms. The molecule has 0 aliphatic rings. The summed E-state index contributed by atoms with van der Waals surface area (Å²) < 4.78 is 26.4. The molecule has 0 spiro atoms. The van der Waals surface area contributed by atoms with Crippen LogP contribution < -0.4 is 4.72 Å². The van der Waals surface area contributed by atoms with Gasteiger partial charge in [0, 0.05) is 18.2 Å². The van der Waals surface area contributed by atoms with Crippen LogP contribution in [-0.2, 0) is 15.9 Å². The molecule has 0 fully saturated rings. The van der Waals surface area contributed by atoms with Crippen molar-refractivity contribution in [3.63, 3.8) is 0 Å². The summed E-state index contributed by atoms with van der Waals surface area (Å²) in [6.45, 7) is 0.361. The second-order valence-electron chi connectivity index (χ2n) is 3.44. The highest BCUT2D eigenvalue weighted by atomic mass is 35.5. The van der Waals surface area contributed by atoms with E-state index in [0.29, 0.717) is 23.9 Å². The molecule has 0 radical (unpaired) electrons. The Hall–Kier alpha value is -0.670. The van der Waals surface area contributed by atoms with Gasteiger partial charge in [-0.3, -0.25) is 0 Å². The van der Waals surface area contributed by atoms with Crippen LogP contribution >= 0.6 is 23.4 Å². The zero-order valence-corrected chi connectivity index (χ0v) is 12.1. The Labute approximate surface area is 117 Å². The van der Waals surface area contributed by atoms with Gasteiger partial charge in [0.05, 0.1) is 10.6 Å². The van der Waals surface area contributed by atoms with Crippen molar-refractivity contribution >= 4 is 33.4 Å². The Bertz CT molecular complexity index is 523. The Kier molecular flexibility index (Phi) is 6.58. The van der Waals surface area contributed by atoms with Gasteiger partial charge in [-0.25, -0.2) is 13.1 Å². The van der Waals surface area contributed by atoms with Gasteiger partial charge >= 0.3 is 0 Å². The molecule has 0 unspecified atom stereocenters. The fourth-order valence-electron chi connectivity index (χ4n) is 1.26. The lowest BCUT2D eigenvalue weighted by Crippen LogP contribution is -2.26. The van der Waals surface area contributed by atoms with Gasteiger partial charge in [-0.05, 0) is 17.7 Å². The maximum absolute atomic E-state index is 11.9. The molecule has 0 heterocycles. The van der Waals surface area contributed by atoms with Crippen LogP contribution in [0.4, 0.5) is 0 Å². The fourth-order valence-corrected chi connectivity index (χ4v) is 3.16. The first-order chi connectivity index (χ1) is 8.60. The molecule has 98 valence electrons. The summed E-state index contributed by atoms with van der Waals surface area (Å²) >= 11 is 7.19. The van der Waals surface area contributed by atoms with E-state index in [2.05, 4.69) is 10.6 Å². The average molecular weight is 304 g/mol. The van der Waals surface area contributed by atoms with Crippen LogP contribution in [0.5, 0.6) is 0 Å². The van der Waals surface area contributed by atoms with E-state index in [4.69, 9.17) is 18.0 Å². The lowest BCUT2D eigenvalue weighted by Gasteiger charge is -2.07. The summed E-state index contributed by atoms with van der Waals surface area (Å²) in [5, 5.41) is 0. The second kappa shape index (κ2) is 7.70. The molecular formula is C12H14ClNO2S2. The molecule has 3 nitrogen and oxygen atoms in total. The van der Waals surface area contributed by atoms with Crippen LogP contribution in [0.1, 0.15) is 5.56 Å². The molecule has 0 aliphatic heterocycles. The zero-order chi connectivity index (χ0) is 13.4. The second-order valence-corrected chi connectivity index (χ2v) is 6.57. The van der Waals surface area contributed by atoms with E-state index in [9.17, 15) is 8.42 Å². The third-order valence-corrected chi connectivity index (χ3v) is 4.72. The van der Waals surface area contributed by atoms with Crippen LogP contribution in [0.3, 0.4) is 0 Å². The number of hydrogen-bond acceptors (Lipinski definition) is 3. The SMILES string of the molecule is C#CCSCCNS(=O)(=O)c1cccc(CCl)c1. The highest BCUT2D eigenvalue weighted by molar-refractivity contribution is 7.99. The van der Waals surface area contributed by atoms with Crippen LogP contribution in [0.25, 0.3) is 0 Å². The molecule has 0 saturated heterocycles. The first kappa shape index (κ1) is 15.4. The number of rotatable bonds is 7. The fraction of sp³-hybridized carbons (Fsp3) is 0.333. The number of sulfonamides is 1. The summed E-state index contributed by atoms with van der Waals surface area (Å²) in [6.07, 6.45) is 5.10. The normalized spacial score (nSPS) is 11.1. The van der Waals surface area contributed by atoms with Crippen molar-refractivity contribution in [1.29, 1.82) is 0 Å². The minimum atomic E-state index is -3.45. The predicted octanol–water partition coefficient (Wildman–Crippen LogP) is 2.07. The van der Waals surface area contributed by atoms with Gasteiger partial charge in [-0.15, -0.1) is 29.8 Å². The third kappa shape index (κ3) is 4.91. The Morgan fingerprint density at radius 3 is 2.89 bits per heavy atom. The minimum Gasteiger partial charge on any atom is -0.210 e. The molecule has 0 amide bonds. The quantitative estimate of drug-likeness (QED) is 0.476. The number of halogens is 1. The molecule has 0 bridgehead atoms. The number of terminal acetylenes is 1. The van der Waals surface area contributed by atoms with Gasteiger partial charge < -0.3 is 0 Å². The van der Waals surface area contributed by atoms with Crippen molar-refractivity contribution in [2.24, 2.45) is 0 Å². The molecule has 1 aromatic carbocycles. The number of benzene rings is 1. The summed E-state index contributed by atoms with van der Waals surface area (Å²) in [4.78, 5) is 0.239. The summed E-state index contributed by atoms with van der Waals surface area (Å²) in [5.74, 6) is 4.01. The Balaban J connectivity index is 2.60. The van der Waals surface area contributed by atoms with Gasteiger partial charge in [0.2, 0.25) is 10.0 Å². The lowest BCUT2D eigenvalue weighted by molar-refractivity contribution is 0.584. The Morgan fingerprint density at radius 2 is 2.22 bits per heavy atom. The summed E-state index contributed by atoms with van der Waals surface area (Å²) in [6, 6.07) is 6.59. The van der Waals surface area contributed by atoms with Crippen molar-refractivity contribution in [2.75, 3.05) is 18.1 Å². The maximum Gasteiger partial charge on any atom is 0.240 e. The van der Waals surface area contributed by atoms with E-state index >= 15 is 0 Å². The van der Waals surface area contributed by atoms with Crippen molar-refractivity contribution in [3.8, 4) is 12.3 Å². The monoisotopic (exact) mass is 303 g/mol. The van der Waals surface area contributed by atoms with Crippen molar-refractivity contribution in [2.45, 2.75) is 10.8 Å². The molecule has 1 N–H and O–H groups in total. The number of nitrogens with one attached hydrogen (secondary N) is 1. The van der Waals surface area contributed by atoms with Crippen LogP contribution in [0.2, 0.25) is 0 Å². The van der Waals surface area contributed by atoms with Crippen LogP contribution in [-0.4, -0.2) is 26.5 Å². The smallest absolute Gasteiger partial charge is 0.210 e. The number of hydrogen-bond donors (Lipinski definition) is 1. The van der Waals surface area contributed by atoms with Gasteiger partial charge in [0.1, 0.15) is 0 Å². The standard InChI is InChI=1S/C12H14ClNO2S2/c1-2-7-17-8-6-14-18(15,16)12-5-3-4-11(9-12)10-13/h1,3-5,9,14H,6-8,10H2. The first-order valence-electron chi connectivity index (χ1n) is 5.26. The van der Waals surface area contributed by atoms with Gasteiger partial charge in [-0.2, -0.15) is 0 Å². The van der Waals surface area contributed by atoms with Gasteiger partial charge in [0.15, 0.2) is 0 Å². The topological polar surface area (TPSA) is 46.2 Å². The van der Waals surface area contributed by atoms with E-state index in [0.717, 1.165) is 5.56 Å². The van der Waals surface area contributed by atoms with Crippen molar-refractivity contribution in [1.82, 2.24) is 4.72 Å². The molecule has 1 aromatic rings.